The summed E-state index contributed by atoms with van der Waals surface area (Å²) in [6.45, 7) is 16.4. The molecule has 27 unspecified atom stereocenters. The van der Waals surface area contributed by atoms with Crippen molar-refractivity contribution in [2.75, 3.05) is 19.8 Å². The van der Waals surface area contributed by atoms with Crippen LogP contribution in [-0.2, 0) is 52.5 Å². The van der Waals surface area contributed by atoms with Crippen LogP contribution in [0.3, 0.4) is 0 Å². The van der Waals surface area contributed by atoms with Gasteiger partial charge in [0.2, 0.25) is 0 Å². The van der Waals surface area contributed by atoms with E-state index >= 15 is 0 Å². The third-order valence-corrected chi connectivity index (χ3v) is 20.3. The maximum atomic E-state index is 12.6. The van der Waals surface area contributed by atoms with Gasteiger partial charge in [-0.25, -0.2) is 4.18 Å². The van der Waals surface area contributed by atoms with Crippen LogP contribution in [0.25, 0.3) is 0 Å². The molecule has 5 heterocycles. The normalized spacial score (nSPS) is 55.1. The van der Waals surface area contributed by atoms with Crippen LogP contribution in [0.2, 0.25) is 0 Å². The minimum absolute atomic E-state index is 0.0198. The highest BCUT2D eigenvalue weighted by Gasteiger charge is 2.82. The second-order valence-electron chi connectivity index (χ2n) is 23.9. The highest BCUT2D eigenvalue weighted by Crippen LogP contribution is 2.80. The van der Waals surface area contributed by atoms with Gasteiger partial charge in [-0.15, -0.1) is 0 Å². The van der Waals surface area contributed by atoms with Crippen LogP contribution in [-0.4, -0.2) is 206 Å². The molecule has 408 valence electrons. The van der Waals surface area contributed by atoms with Gasteiger partial charge in [0.05, 0.1) is 43.7 Å². The Balaban J connectivity index is 0.989. The summed E-state index contributed by atoms with van der Waals surface area (Å²) in [6.07, 6.45) is -22.1. The van der Waals surface area contributed by atoms with Gasteiger partial charge in [-0.3, -0.25) is 4.55 Å². The fourth-order valence-corrected chi connectivity index (χ4v) is 17.0. The first-order valence-corrected chi connectivity index (χ1v) is 26.6. The van der Waals surface area contributed by atoms with Gasteiger partial charge in [0.1, 0.15) is 73.2 Å². The van der Waals surface area contributed by atoms with E-state index in [0.717, 1.165) is 19.3 Å². The molecule has 71 heavy (non-hydrogen) atoms. The Bertz CT molecular complexity index is 2080. The molecule has 0 radical (unpaired) electrons. The summed E-state index contributed by atoms with van der Waals surface area (Å²) < 4.78 is 91.4. The van der Waals surface area contributed by atoms with Crippen molar-refractivity contribution in [3.05, 3.63) is 12.2 Å². The largest absolute Gasteiger partial charge is 0.397 e. The molecular formula is C48H78O22S. The van der Waals surface area contributed by atoms with E-state index in [1.165, 1.54) is 6.92 Å². The topological polar surface area (TPSA) is 340 Å². The molecule has 5 aliphatic heterocycles. The maximum absolute atomic E-state index is 12.6. The van der Waals surface area contributed by atoms with E-state index in [0.29, 0.717) is 37.9 Å². The molecular weight excluding hydrogens is 961 g/mol. The lowest BCUT2D eigenvalue weighted by atomic mass is 9.35. The second kappa shape index (κ2) is 18.8. The van der Waals surface area contributed by atoms with Crippen molar-refractivity contribution < 1.29 is 106 Å². The number of fused-ring (bicyclic) bond motifs is 4. The molecule has 5 saturated heterocycles. The molecule has 0 aromatic carbocycles. The summed E-state index contributed by atoms with van der Waals surface area (Å²) in [6, 6.07) is 0. The van der Waals surface area contributed by atoms with Crippen molar-refractivity contribution in [1.29, 1.82) is 0 Å². The quantitative estimate of drug-likeness (QED) is 0.0644. The van der Waals surface area contributed by atoms with Gasteiger partial charge in [-0.2, -0.15) is 8.42 Å². The zero-order valence-electron chi connectivity index (χ0n) is 41.5. The number of aliphatic hydroxyl groups is 10. The molecule has 27 atom stereocenters. The van der Waals surface area contributed by atoms with Crippen molar-refractivity contribution in [2.24, 2.45) is 45.3 Å². The van der Waals surface area contributed by atoms with E-state index in [9.17, 15) is 64.0 Å². The third kappa shape index (κ3) is 8.55. The molecule has 9 fully saturated rings. The van der Waals surface area contributed by atoms with E-state index in [1.54, 1.807) is 13.8 Å². The van der Waals surface area contributed by atoms with Crippen molar-refractivity contribution in [3.8, 4) is 0 Å². The molecule has 0 aromatic rings. The molecule has 0 amide bonds. The predicted molar refractivity (Wildman–Crippen MR) is 241 cm³/mol. The third-order valence-electron chi connectivity index (χ3n) is 19.7. The molecule has 4 saturated carbocycles. The van der Waals surface area contributed by atoms with Gasteiger partial charge in [0.25, 0.3) is 0 Å². The molecule has 23 heteroatoms. The van der Waals surface area contributed by atoms with Crippen molar-refractivity contribution in [1.82, 2.24) is 0 Å². The lowest BCUT2D eigenvalue weighted by molar-refractivity contribution is -0.395. The fraction of sp³-hybridized carbons (Fsp3) is 0.958. The van der Waals surface area contributed by atoms with Gasteiger partial charge in [-0.05, 0) is 98.9 Å². The van der Waals surface area contributed by atoms with Crippen molar-refractivity contribution in [2.45, 2.75) is 222 Å². The Hall–Kier alpha value is -1.11. The molecule has 9 aliphatic rings. The Labute approximate surface area is 414 Å². The van der Waals surface area contributed by atoms with E-state index in [-0.39, 0.29) is 35.0 Å². The van der Waals surface area contributed by atoms with Crippen molar-refractivity contribution in [3.63, 3.8) is 0 Å². The molecule has 9 rings (SSSR count). The summed E-state index contributed by atoms with van der Waals surface area (Å²) in [5.41, 5.74) is -2.75. The van der Waals surface area contributed by atoms with Gasteiger partial charge in [-0.1, -0.05) is 34.3 Å². The first-order valence-electron chi connectivity index (χ1n) is 25.3. The SMILES string of the molecule is C=C(C)C(O)C1CC(C)(OS(=O)(=O)O)C2C3CCC4C5(C)CCC(OC6OC(CO)C(OC7OC(C)C(O)C(O)C7O)C(O)C6OC6OC(CO)C(O)C(O)C6O)C(C)(C)C5CCC4(C)C34COC2(C4)O1. The zero-order chi connectivity index (χ0) is 51.9. The Kier molecular flexibility index (Phi) is 14.5. The van der Waals surface area contributed by atoms with Crippen LogP contribution in [0.15, 0.2) is 12.2 Å². The first-order chi connectivity index (χ1) is 33.0. The minimum atomic E-state index is -4.94. The Morgan fingerprint density at radius 3 is 1.99 bits per heavy atom. The molecule has 2 bridgehead atoms. The average Bonchev–Trinajstić information content (AvgIpc) is 3.82. The molecule has 4 aliphatic carbocycles. The number of ether oxygens (including phenoxy) is 8. The number of hydrogen-bond donors (Lipinski definition) is 11. The van der Waals surface area contributed by atoms with Crippen LogP contribution in [0.4, 0.5) is 0 Å². The summed E-state index contributed by atoms with van der Waals surface area (Å²) in [5, 5.41) is 108. The second-order valence-corrected chi connectivity index (χ2v) is 24.9. The Morgan fingerprint density at radius 2 is 1.35 bits per heavy atom. The van der Waals surface area contributed by atoms with Crippen LogP contribution < -0.4 is 0 Å². The predicted octanol–water partition coefficient (Wildman–Crippen LogP) is -0.847. The highest BCUT2D eigenvalue weighted by atomic mass is 32.3. The number of rotatable bonds is 12. The number of aliphatic hydroxyl groups excluding tert-OH is 10. The lowest BCUT2D eigenvalue weighted by Gasteiger charge is -2.70. The zero-order valence-corrected chi connectivity index (χ0v) is 42.3. The van der Waals surface area contributed by atoms with Gasteiger partial charge < -0.3 is 89.0 Å². The monoisotopic (exact) mass is 1040 g/mol. The molecule has 22 nitrogen and oxygen atoms in total. The van der Waals surface area contributed by atoms with Crippen LogP contribution in [0.5, 0.6) is 0 Å². The van der Waals surface area contributed by atoms with E-state index < -0.39 is 162 Å². The minimum Gasteiger partial charge on any atom is -0.394 e. The standard InChI is InChI=1S/C48H78O22S/c1-20(2)29(51)23-15-46(8,70-71(59,60)61)39-22-9-10-27-44(6)13-12-28(43(4,5)26(44)11-14-45(27,7)47(22)18-48(39,69-23)62-19-47)66-42-38(68-41-35(57)33(55)31(53)24(16-49)64-41)36(58)37(25(17-50)65-42)67-40-34(56)32(54)30(52)21(3)63-40/h21-42,49-58H,1,9-19H2,2-8H3,(H,59,60,61). The van der Waals surface area contributed by atoms with Crippen LogP contribution in [0.1, 0.15) is 99.8 Å². The van der Waals surface area contributed by atoms with Crippen LogP contribution >= 0.6 is 0 Å². The van der Waals surface area contributed by atoms with Gasteiger partial charge in [0, 0.05) is 24.2 Å². The maximum Gasteiger partial charge on any atom is 0.397 e. The molecule has 11 N–H and O–H groups in total. The summed E-state index contributed by atoms with van der Waals surface area (Å²) in [5.74, 6) is -1.79. The average molecular weight is 1040 g/mol. The number of hydrogen-bond acceptors (Lipinski definition) is 21. The van der Waals surface area contributed by atoms with Crippen molar-refractivity contribution >= 4 is 10.4 Å². The summed E-state index contributed by atoms with van der Waals surface area (Å²) in [7, 11) is -4.94. The molecule has 2 spiro atoms. The highest BCUT2D eigenvalue weighted by molar-refractivity contribution is 7.80. The van der Waals surface area contributed by atoms with Gasteiger partial charge >= 0.3 is 10.4 Å². The summed E-state index contributed by atoms with van der Waals surface area (Å²) >= 11 is 0. The van der Waals surface area contributed by atoms with E-state index in [1.807, 2.05) is 0 Å². The Morgan fingerprint density at radius 1 is 0.732 bits per heavy atom. The lowest BCUT2D eigenvalue weighted by Crippen LogP contribution is -2.69. The van der Waals surface area contributed by atoms with E-state index in [4.69, 9.17) is 42.1 Å². The van der Waals surface area contributed by atoms with Gasteiger partial charge in [0.15, 0.2) is 24.7 Å². The first kappa shape index (κ1) is 54.7. The fourth-order valence-electron chi connectivity index (χ4n) is 16.4. The molecule has 0 aromatic heterocycles. The smallest absolute Gasteiger partial charge is 0.394 e. The summed E-state index contributed by atoms with van der Waals surface area (Å²) in [4.78, 5) is 0. The van der Waals surface area contributed by atoms with E-state index in [2.05, 4.69) is 34.3 Å². The van der Waals surface area contributed by atoms with Crippen LogP contribution in [0, 0.1) is 45.3 Å².